The highest BCUT2D eigenvalue weighted by molar-refractivity contribution is 6.30. The van der Waals surface area contributed by atoms with Crippen molar-refractivity contribution < 1.29 is 31.9 Å². The Hall–Kier alpha value is -3.67. The Balaban J connectivity index is 1.52. The Kier molecular flexibility index (Phi) is 6.90. The van der Waals surface area contributed by atoms with Gasteiger partial charge >= 0.3 is 6.18 Å². The monoisotopic (exact) mass is 525 g/mol. The SMILES string of the molecule is NC(=O)c1nn(CC(=O)N(CC(=O)NCc2cccc(Cl)c2F)C2CC2)c2cc(C(F)(F)F)ccc12. The number of hydrogen-bond acceptors (Lipinski definition) is 4. The smallest absolute Gasteiger partial charge is 0.364 e. The predicted octanol–water partition coefficient (Wildman–Crippen LogP) is 3.25. The number of alkyl halides is 3. The van der Waals surface area contributed by atoms with Gasteiger partial charge in [0.1, 0.15) is 12.4 Å². The molecule has 8 nitrogen and oxygen atoms in total. The van der Waals surface area contributed by atoms with Crippen LogP contribution in [-0.4, -0.2) is 45.0 Å². The summed E-state index contributed by atoms with van der Waals surface area (Å²) in [5, 5.41) is 6.47. The molecule has 13 heteroatoms. The predicted molar refractivity (Wildman–Crippen MR) is 121 cm³/mol. The minimum absolute atomic E-state index is 0.0718. The zero-order valence-corrected chi connectivity index (χ0v) is 19.4. The highest BCUT2D eigenvalue weighted by Gasteiger charge is 2.35. The van der Waals surface area contributed by atoms with Gasteiger partial charge in [0.2, 0.25) is 11.8 Å². The summed E-state index contributed by atoms with van der Waals surface area (Å²) in [6, 6.07) is 6.80. The van der Waals surface area contributed by atoms with Gasteiger partial charge in [0.05, 0.1) is 22.6 Å². The van der Waals surface area contributed by atoms with Crippen molar-refractivity contribution in [3.8, 4) is 0 Å². The third-order valence-corrected chi connectivity index (χ3v) is 6.02. The number of carbonyl (C=O) groups is 3. The Morgan fingerprint density at radius 1 is 1.19 bits per heavy atom. The van der Waals surface area contributed by atoms with E-state index in [0.717, 1.165) is 22.9 Å². The lowest BCUT2D eigenvalue weighted by molar-refractivity contribution is -0.137. The molecule has 0 unspecified atom stereocenters. The standard InChI is InChI=1S/C23H20ClF4N5O3/c24-16-3-1-2-12(20(16)25)9-30-18(34)10-32(14-5-6-14)19(35)11-33-17-8-13(23(26,27)28)4-7-15(17)21(31-33)22(29)36/h1-4,7-8,14H,5-6,9-11H2,(H2,29,36)(H,30,34). The fourth-order valence-corrected chi connectivity index (χ4v) is 3.96. The van der Waals surface area contributed by atoms with Crippen LogP contribution in [-0.2, 0) is 28.9 Å². The van der Waals surface area contributed by atoms with Gasteiger partial charge in [-0.15, -0.1) is 0 Å². The van der Waals surface area contributed by atoms with Gasteiger partial charge in [-0.1, -0.05) is 23.7 Å². The molecule has 3 amide bonds. The van der Waals surface area contributed by atoms with Crippen molar-refractivity contribution in [2.75, 3.05) is 6.54 Å². The van der Waals surface area contributed by atoms with Gasteiger partial charge in [-0.2, -0.15) is 18.3 Å². The number of primary amides is 1. The lowest BCUT2D eigenvalue weighted by atomic mass is 10.1. The molecule has 0 aliphatic heterocycles. The van der Waals surface area contributed by atoms with Gasteiger partial charge in [0, 0.05) is 23.5 Å². The molecule has 1 fully saturated rings. The number of hydrogen-bond donors (Lipinski definition) is 2. The number of nitrogens with two attached hydrogens (primary N) is 1. The van der Waals surface area contributed by atoms with Gasteiger partial charge in [0.15, 0.2) is 5.69 Å². The van der Waals surface area contributed by atoms with Crippen molar-refractivity contribution in [2.24, 2.45) is 5.73 Å². The van der Waals surface area contributed by atoms with Crippen LogP contribution in [0.5, 0.6) is 0 Å². The van der Waals surface area contributed by atoms with Crippen molar-refractivity contribution >= 4 is 40.2 Å². The first kappa shape index (κ1) is 25.4. The van der Waals surface area contributed by atoms with Crippen molar-refractivity contribution in [1.82, 2.24) is 20.0 Å². The first-order chi connectivity index (χ1) is 17.0. The van der Waals surface area contributed by atoms with Crippen LogP contribution in [0.4, 0.5) is 17.6 Å². The van der Waals surface area contributed by atoms with E-state index >= 15 is 0 Å². The molecule has 36 heavy (non-hydrogen) atoms. The summed E-state index contributed by atoms with van der Waals surface area (Å²) in [5.41, 5.74) is 4.14. The number of amides is 3. The summed E-state index contributed by atoms with van der Waals surface area (Å²) >= 11 is 5.74. The van der Waals surface area contributed by atoms with Crippen LogP contribution < -0.4 is 11.1 Å². The Bertz CT molecular complexity index is 1350. The number of aromatic nitrogens is 2. The number of halogens is 5. The van der Waals surface area contributed by atoms with Crippen LogP contribution in [0.3, 0.4) is 0 Å². The first-order valence-corrected chi connectivity index (χ1v) is 11.2. The molecule has 0 saturated heterocycles. The second kappa shape index (κ2) is 9.76. The molecule has 0 spiro atoms. The minimum atomic E-state index is -4.65. The fraction of sp³-hybridized carbons (Fsp3) is 0.304. The molecule has 0 atom stereocenters. The van der Waals surface area contributed by atoms with Crippen molar-refractivity contribution in [1.29, 1.82) is 0 Å². The van der Waals surface area contributed by atoms with E-state index in [9.17, 15) is 31.9 Å². The zero-order valence-electron chi connectivity index (χ0n) is 18.6. The highest BCUT2D eigenvalue weighted by atomic mass is 35.5. The fourth-order valence-electron chi connectivity index (χ4n) is 3.77. The van der Waals surface area contributed by atoms with E-state index in [2.05, 4.69) is 10.4 Å². The van der Waals surface area contributed by atoms with E-state index < -0.39 is 41.8 Å². The summed E-state index contributed by atoms with van der Waals surface area (Å²) in [7, 11) is 0. The maximum atomic E-state index is 14.1. The third-order valence-electron chi connectivity index (χ3n) is 5.73. The minimum Gasteiger partial charge on any atom is -0.364 e. The molecular formula is C23H20ClF4N5O3. The molecule has 190 valence electrons. The summed E-state index contributed by atoms with van der Waals surface area (Å²) in [6.07, 6.45) is -3.36. The summed E-state index contributed by atoms with van der Waals surface area (Å²) < 4.78 is 54.7. The van der Waals surface area contributed by atoms with Crippen LogP contribution in [0.2, 0.25) is 5.02 Å². The quantitative estimate of drug-likeness (QED) is 0.440. The van der Waals surface area contributed by atoms with Gasteiger partial charge in [-0.3, -0.25) is 19.1 Å². The molecule has 4 rings (SSSR count). The van der Waals surface area contributed by atoms with Gasteiger partial charge in [-0.25, -0.2) is 4.39 Å². The van der Waals surface area contributed by atoms with E-state index in [4.69, 9.17) is 17.3 Å². The van der Waals surface area contributed by atoms with E-state index in [1.807, 2.05) is 0 Å². The number of nitrogens with one attached hydrogen (secondary N) is 1. The molecule has 1 heterocycles. The molecule has 0 bridgehead atoms. The molecule has 1 saturated carbocycles. The Morgan fingerprint density at radius 3 is 2.56 bits per heavy atom. The van der Waals surface area contributed by atoms with Crippen molar-refractivity contribution in [3.63, 3.8) is 0 Å². The molecule has 2 aromatic carbocycles. The highest BCUT2D eigenvalue weighted by Crippen LogP contribution is 2.33. The van der Waals surface area contributed by atoms with Crippen LogP contribution in [0, 0.1) is 5.82 Å². The topological polar surface area (TPSA) is 110 Å². The van der Waals surface area contributed by atoms with E-state index in [1.165, 1.54) is 23.1 Å². The third kappa shape index (κ3) is 5.43. The first-order valence-electron chi connectivity index (χ1n) is 10.8. The van der Waals surface area contributed by atoms with Gasteiger partial charge in [0.25, 0.3) is 5.91 Å². The molecule has 0 radical (unpaired) electrons. The van der Waals surface area contributed by atoms with Crippen LogP contribution in [0.1, 0.15) is 34.5 Å². The van der Waals surface area contributed by atoms with Crippen molar-refractivity contribution in [2.45, 2.75) is 38.1 Å². The lowest BCUT2D eigenvalue weighted by Gasteiger charge is -2.22. The van der Waals surface area contributed by atoms with E-state index in [-0.39, 0.29) is 46.3 Å². The maximum Gasteiger partial charge on any atom is 0.416 e. The average molecular weight is 526 g/mol. The molecule has 3 N–H and O–H groups in total. The largest absolute Gasteiger partial charge is 0.416 e. The lowest BCUT2D eigenvalue weighted by Crippen LogP contribution is -2.43. The van der Waals surface area contributed by atoms with E-state index in [1.54, 1.807) is 0 Å². The molecule has 1 aliphatic rings. The van der Waals surface area contributed by atoms with Crippen LogP contribution in [0.25, 0.3) is 10.9 Å². The number of benzene rings is 2. The summed E-state index contributed by atoms with van der Waals surface area (Å²) in [6.45, 7) is -1.01. The number of fused-ring (bicyclic) bond motifs is 1. The molecule has 3 aromatic rings. The average Bonchev–Trinajstić information content (AvgIpc) is 3.59. The molecule has 1 aliphatic carbocycles. The molecule has 1 aromatic heterocycles. The van der Waals surface area contributed by atoms with Gasteiger partial charge in [-0.05, 0) is 37.1 Å². The molecular weight excluding hydrogens is 506 g/mol. The van der Waals surface area contributed by atoms with E-state index in [0.29, 0.717) is 12.8 Å². The van der Waals surface area contributed by atoms with Crippen molar-refractivity contribution in [3.05, 3.63) is 64.1 Å². The maximum absolute atomic E-state index is 14.1. The second-order valence-electron chi connectivity index (χ2n) is 8.34. The van der Waals surface area contributed by atoms with Crippen LogP contribution in [0.15, 0.2) is 36.4 Å². The summed E-state index contributed by atoms with van der Waals surface area (Å²) in [5.74, 6) is -2.77. The Morgan fingerprint density at radius 2 is 1.92 bits per heavy atom. The Labute approximate surface area is 207 Å². The van der Waals surface area contributed by atoms with Crippen LogP contribution >= 0.6 is 11.6 Å². The normalized spacial score (nSPS) is 13.6. The number of carbonyl (C=O) groups excluding carboxylic acids is 3. The summed E-state index contributed by atoms with van der Waals surface area (Å²) in [4.78, 5) is 38.6. The zero-order chi connectivity index (χ0) is 26.2. The van der Waals surface area contributed by atoms with Gasteiger partial charge < -0.3 is 16.0 Å². The second-order valence-corrected chi connectivity index (χ2v) is 8.75. The number of rotatable bonds is 8. The number of nitrogens with zero attached hydrogens (tertiary/aromatic N) is 3.